The summed E-state index contributed by atoms with van der Waals surface area (Å²) in [5, 5.41) is 0. The zero-order valence-electron chi connectivity index (χ0n) is 25.2. The minimum atomic E-state index is -0.720. The summed E-state index contributed by atoms with van der Waals surface area (Å²) < 4.78 is 20.5. The average molecular weight is 567 g/mol. The van der Waals surface area contributed by atoms with Crippen molar-refractivity contribution in [2.45, 2.75) is 59.7 Å². The number of nitrogens with zero attached hydrogens (tertiary/aromatic N) is 4. The van der Waals surface area contributed by atoms with E-state index < -0.39 is 11.8 Å². The molecule has 2 heterocycles. The Morgan fingerprint density at radius 2 is 1.76 bits per heavy atom. The summed E-state index contributed by atoms with van der Waals surface area (Å²) in [7, 11) is 1.70. The van der Waals surface area contributed by atoms with Crippen molar-refractivity contribution in [2.24, 2.45) is 0 Å². The number of aromatic nitrogens is 4. The minimum Gasteiger partial charge on any atom is -0.428 e. The highest BCUT2D eigenvalue weighted by Crippen LogP contribution is 2.32. The van der Waals surface area contributed by atoms with Crippen molar-refractivity contribution in [3.8, 4) is 28.1 Å². The van der Waals surface area contributed by atoms with Crippen LogP contribution in [0.2, 0.25) is 0 Å². The molecule has 8 nitrogen and oxygen atoms in total. The van der Waals surface area contributed by atoms with Gasteiger partial charge in [0.2, 0.25) is 0 Å². The number of carbonyl (C=O) groups is 1. The highest BCUT2D eigenvalue weighted by Gasteiger charge is 2.20. The Morgan fingerprint density at radius 3 is 2.48 bits per heavy atom. The lowest BCUT2D eigenvalue weighted by Crippen LogP contribution is -2.26. The summed E-state index contributed by atoms with van der Waals surface area (Å²) in [6.07, 6.45) is 4.01. The Balaban J connectivity index is 1.42. The molecule has 5 aromatic rings. The second kappa shape index (κ2) is 12.2. The van der Waals surface area contributed by atoms with Crippen LogP contribution in [0, 0.1) is 6.92 Å². The largest absolute Gasteiger partial charge is 0.514 e. The number of carbonyl (C=O) groups excluding carboxylic acids is 1. The van der Waals surface area contributed by atoms with Crippen LogP contribution in [0.5, 0.6) is 5.75 Å². The van der Waals surface area contributed by atoms with Crippen molar-refractivity contribution in [3.05, 3.63) is 90.1 Å². The summed E-state index contributed by atoms with van der Waals surface area (Å²) in [5.41, 5.74) is 7.51. The van der Waals surface area contributed by atoms with Crippen molar-refractivity contribution in [2.75, 3.05) is 13.7 Å². The van der Waals surface area contributed by atoms with E-state index in [1.165, 1.54) is 0 Å². The van der Waals surface area contributed by atoms with Crippen LogP contribution in [0.4, 0.5) is 4.79 Å². The van der Waals surface area contributed by atoms with Gasteiger partial charge in [-0.1, -0.05) is 49.4 Å². The number of hydrogen-bond acceptors (Lipinski definition) is 6. The Morgan fingerprint density at radius 1 is 1.00 bits per heavy atom. The van der Waals surface area contributed by atoms with Gasteiger partial charge in [-0.2, -0.15) is 0 Å². The number of fused-ring (bicyclic) bond motifs is 1. The summed E-state index contributed by atoms with van der Waals surface area (Å²) in [5.74, 6) is 1.50. The topological polar surface area (TPSA) is 80.4 Å². The molecule has 0 amide bonds. The summed E-state index contributed by atoms with van der Waals surface area (Å²) >= 11 is 0. The van der Waals surface area contributed by atoms with Crippen LogP contribution in [-0.2, 0) is 29.0 Å². The maximum atomic E-state index is 12.3. The van der Waals surface area contributed by atoms with E-state index >= 15 is 0 Å². The lowest BCUT2D eigenvalue weighted by molar-refractivity contribution is 0.0207. The molecule has 0 spiro atoms. The normalized spacial score (nSPS) is 11.7. The van der Waals surface area contributed by atoms with Gasteiger partial charge in [0.05, 0.1) is 29.7 Å². The quantitative estimate of drug-likeness (QED) is 0.136. The fraction of sp³-hybridized carbons (Fsp3) is 0.324. The molecule has 0 aliphatic carbocycles. The van der Waals surface area contributed by atoms with Crippen LogP contribution >= 0.6 is 0 Å². The summed E-state index contributed by atoms with van der Waals surface area (Å²) in [4.78, 5) is 22.0. The number of ether oxygens (including phenoxy) is 3. The highest BCUT2D eigenvalue weighted by atomic mass is 16.7. The zero-order valence-corrected chi connectivity index (χ0v) is 25.2. The van der Waals surface area contributed by atoms with Crippen LogP contribution in [0.15, 0.2) is 73.2 Å². The highest BCUT2D eigenvalue weighted by molar-refractivity contribution is 5.85. The van der Waals surface area contributed by atoms with Gasteiger partial charge >= 0.3 is 6.16 Å². The third-order valence-electron chi connectivity index (χ3n) is 7.00. The molecule has 0 aliphatic rings. The SMILES string of the molecule is CCc1nc2c(C)cc(-c3cn(CCOC)cn3)cc2n1Cc1ccc(-c2ccccc2OC(=O)OC(C)(C)C)cc1. The van der Waals surface area contributed by atoms with Crippen LogP contribution in [-0.4, -0.2) is 44.6 Å². The van der Waals surface area contributed by atoms with E-state index in [2.05, 4.69) is 66.0 Å². The fourth-order valence-corrected chi connectivity index (χ4v) is 4.99. The molecule has 0 N–H and O–H groups in total. The first-order valence-corrected chi connectivity index (χ1v) is 14.2. The molecule has 2 aromatic heterocycles. The smallest absolute Gasteiger partial charge is 0.428 e. The van der Waals surface area contributed by atoms with Gasteiger partial charge in [-0.05, 0) is 62.6 Å². The maximum absolute atomic E-state index is 12.3. The van der Waals surface area contributed by atoms with Crippen molar-refractivity contribution in [1.29, 1.82) is 0 Å². The molecule has 0 fully saturated rings. The standard InChI is InChI=1S/C34H38N4O4/c1-7-31-36-32-23(2)18-26(28-21-37(22-35-28)16-17-40-6)19-29(32)38(31)20-24-12-14-25(15-13-24)27-10-8-9-11-30(27)41-33(39)42-34(3,4)5/h8-15,18-19,21-22H,7,16-17,20H2,1-6H3. The van der Waals surface area contributed by atoms with E-state index in [0.717, 1.165) is 63.3 Å². The molecule has 218 valence electrons. The fourth-order valence-electron chi connectivity index (χ4n) is 4.99. The number of methoxy groups -OCH3 is 1. The summed E-state index contributed by atoms with van der Waals surface area (Å²) in [6.45, 7) is 11.8. The molecule has 0 aliphatic heterocycles. The molecular formula is C34H38N4O4. The molecular weight excluding hydrogens is 528 g/mol. The van der Waals surface area contributed by atoms with Gasteiger partial charge in [-0.25, -0.2) is 14.8 Å². The van der Waals surface area contributed by atoms with Crippen LogP contribution < -0.4 is 4.74 Å². The lowest BCUT2D eigenvalue weighted by Gasteiger charge is -2.19. The molecule has 0 atom stereocenters. The van der Waals surface area contributed by atoms with Crippen molar-refractivity contribution in [3.63, 3.8) is 0 Å². The molecule has 5 rings (SSSR count). The van der Waals surface area contributed by atoms with E-state index in [1.54, 1.807) is 13.2 Å². The maximum Gasteiger partial charge on any atom is 0.514 e. The van der Waals surface area contributed by atoms with Gasteiger partial charge in [0.25, 0.3) is 0 Å². The predicted octanol–water partition coefficient (Wildman–Crippen LogP) is 7.45. The van der Waals surface area contributed by atoms with Crippen molar-refractivity contribution in [1.82, 2.24) is 19.1 Å². The van der Waals surface area contributed by atoms with E-state index in [9.17, 15) is 4.79 Å². The van der Waals surface area contributed by atoms with Gasteiger partial charge in [-0.3, -0.25) is 0 Å². The molecule has 0 bridgehead atoms. The number of rotatable bonds is 9. The molecule has 0 unspecified atom stereocenters. The number of hydrogen-bond donors (Lipinski definition) is 0. The second-order valence-corrected chi connectivity index (χ2v) is 11.4. The van der Waals surface area contributed by atoms with Gasteiger partial charge in [-0.15, -0.1) is 0 Å². The van der Waals surface area contributed by atoms with Gasteiger partial charge in [0.1, 0.15) is 17.2 Å². The first-order chi connectivity index (χ1) is 20.1. The van der Waals surface area contributed by atoms with Crippen molar-refractivity contribution >= 4 is 17.2 Å². The van der Waals surface area contributed by atoms with Gasteiger partial charge < -0.3 is 23.3 Å². The van der Waals surface area contributed by atoms with E-state index in [4.69, 9.17) is 19.2 Å². The number of para-hydroxylation sites is 1. The Hall–Kier alpha value is -4.43. The van der Waals surface area contributed by atoms with E-state index in [1.807, 2.05) is 49.9 Å². The van der Waals surface area contributed by atoms with Gasteiger partial charge in [0, 0.05) is 43.9 Å². The van der Waals surface area contributed by atoms with Crippen molar-refractivity contribution < 1.29 is 19.0 Å². The third-order valence-corrected chi connectivity index (χ3v) is 7.00. The monoisotopic (exact) mass is 566 g/mol. The predicted molar refractivity (Wildman–Crippen MR) is 165 cm³/mol. The Kier molecular flexibility index (Phi) is 8.45. The average Bonchev–Trinajstić information content (AvgIpc) is 3.57. The van der Waals surface area contributed by atoms with Crippen LogP contribution in [0.25, 0.3) is 33.4 Å². The molecule has 3 aromatic carbocycles. The first-order valence-electron chi connectivity index (χ1n) is 14.2. The third kappa shape index (κ3) is 6.55. The molecule has 0 saturated heterocycles. The van der Waals surface area contributed by atoms with Gasteiger partial charge in [0.15, 0.2) is 0 Å². The number of aryl methyl sites for hydroxylation is 2. The zero-order chi connectivity index (χ0) is 29.9. The molecule has 0 radical (unpaired) electrons. The molecule has 0 saturated carbocycles. The van der Waals surface area contributed by atoms with Crippen LogP contribution in [0.1, 0.15) is 44.6 Å². The number of benzene rings is 3. The van der Waals surface area contributed by atoms with E-state index in [0.29, 0.717) is 18.9 Å². The summed E-state index contributed by atoms with van der Waals surface area (Å²) in [6, 6.07) is 20.2. The number of imidazole rings is 2. The van der Waals surface area contributed by atoms with Crippen LogP contribution in [0.3, 0.4) is 0 Å². The second-order valence-electron chi connectivity index (χ2n) is 11.4. The first kappa shape index (κ1) is 29.1. The molecule has 42 heavy (non-hydrogen) atoms. The van der Waals surface area contributed by atoms with E-state index in [-0.39, 0.29) is 0 Å². The Bertz CT molecular complexity index is 1690. The Labute approximate surface area is 246 Å². The lowest BCUT2D eigenvalue weighted by atomic mass is 10.0. The minimum absolute atomic E-state index is 0.459. The molecule has 8 heteroatoms.